The monoisotopic (exact) mass is 207 g/mol. The van der Waals surface area contributed by atoms with Gasteiger partial charge in [-0.15, -0.1) is 0 Å². The second-order valence-corrected chi connectivity index (χ2v) is 5.57. The fourth-order valence-corrected chi connectivity index (χ4v) is 2.26. The first-order valence-electron chi connectivity index (χ1n) is 5.84. The van der Waals surface area contributed by atoms with Crippen LogP contribution in [0.1, 0.15) is 58.1 Å². The Morgan fingerprint density at radius 3 is 2.40 bits per heavy atom. The van der Waals surface area contributed by atoms with Gasteiger partial charge in [-0.3, -0.25) is 4.68 Å². The molecular weight excluding hydrogens is 186 g/mol. The molecule has 15 heavy (non-hydrogen) atoms. The van der Waals surface area contributed by atoms with E-state index in [2.05, 4.69) is 25.9 Å². The van der Waals surface area contributed by atoms with E-state index in [0.29, 0.717) is 5.92 Å². The van der Waals surface area contributed by atoms with E-state index < -0.39 is 0 Å². The summed E-state index contributed by atoms with van der Waals surface area (Å²) in [6.07, 6.45) is 7.14. The minimum Gasteiger partial charge on any atom is -0.396 e. The Hall–Kier alpha value is -0.990. The highest BCUT2D eigenvalue weighted by Crippen LogP contribution is 2.36. The summed E-state index contributed by atoms with van der Waals surface area (Å²) in [5.41, 5.74) is 8.07. The molecule has 1 heterocycles. The van der Waals surface area contributed by atoms with Gasteiger partial charge in [0.15, 0.2) is 0 Å². The zero-order valence-corrected chi connectivity index (χ0v) is 9.95. The first kappa shape index (κ1) is 10.5. The van der Waals surface area contributed by atoms with Gasteiger partial charge in [-0.05, 0) is 33.6 Å². The summed E-state index contributed by atoms with van der Waals surface area (Å²) in [7, 11) is 0. The lowest BCUT2D eigenvalue weighted by Crippen LogP contribution is -2.22. The molecule has 3 nitrogen and oxygen atoms in total. The van der Waals surface area contributed by atoms with Crippen LogP contribution < -0.4 is 5.73 Å². The second kappa shape index (κ2) is 3.54. The lowest BCUT2D eigenvalue weighted by Gasteiger charge is -2.19. The number of aromatic nitrogens is 2. The van der Waals surface area contributed by atoms with E-state index in [9.17, 15) is 0 Å². The minimum atomic E-state index is 0.0327. The predicted octanol–water partition coefficient (Wildman–Crippen LogP) is 2.88. The molecule has 0 unspecified atom stereocenters. The van der Waals surface area contributed by atoms with Crippen LogP contribution in [0.25, 0.3) is 0 Å². The minimum absolute atomic E-state index is 0.0327. The molecule has 0 spiro atoms. The largest absolute Gasteiger partial charge is 0.396 e. The van der Waals surface area contributed by atoms with Crippen molar-refractivity contribution in [1.82, 2.24) is 9.78 Å². The third kappa shape index (κ3) is 2.01. The van der Waals surface area contributed by atoms with Gasteiger partial charge in [0, 0.05) is 12.1 Å². The summed E-state index contributed by atoms with van der Waals surface area (Å²) in [5, 5.41) is 4.65. The molecule has 1 saturated carbocycles. The molecule has 1 aliphatic carbocycles. The third-order valence-corrected chi connectivity index (χ3v) is 3.20. The summed E-state index contributed by atoms with van der Waals surface area (Å²) in [4.78, 5) is 0. The number of rotatable bonds is 1. The van der Waals surface area contributed by atoms with Crippen molar-refractivity contribution in [3.05, 3.63) is 11.9 Å². The van der Waals surface area contributed by atoms with E-state index in [1.807, 2.05) is 10.9 Å². The number of nitrogen functional groups attached to an aromatic ring is 1. The molecule has 1 aromatic rings. The maximum absolute atomic E-state index is 6.03. The van der Waals surface area contributed by atoms with Gasteiger partial charge in [0.2, 0.25) is 0 Å². The third-order valence-electron chi connectivity index (χ3n) is 3.20. The average molecular weight is 207 g/mol. The molecule has 0 aliphatic heterocycles. The quantitative estimate of drug-likeness (QED) is 0.769. The van der Waals surface area contributed by atoms with Crippen molar-refractivity contribution < 1.29 is 0 Å². The first-order chi connectivity index (χ1) is 6.98. The summed E-state index contributed by atoms with van der Waals surface area (Å²) in [6.45, 7) is 6.45. The Bertz CT molecular complexity index is 340. The van der Waals surface area contributed by atoms with Crippen molar-refractivity contribution in [1.29, 1.82) is 0 Å². The van der Waals surface area contributed by atoms with Gasteiger partial charge in [0.1, 0.15) is 0 Å². The zero-order chi connectivity index (χ0) is 11.1. The van der Waals surface area contributed by atoms with Gasteiger partial charge in [0.25, 0.3) is 0 Å². The van der Waals surface area contributed by atoms with Gasteiger partial charge < -0.3 is 5.73 Å². The van der Waals surface area contributed by atoms with E-state index in [4.69, 9.17) is 5.73 Å². The van der Waals surface area contributed by atoms with Crippen LogP contribution in [0.4, 0.5) is 5.69 Å². The molecule has 1 aliphatic rings. The van der Waals surface area contributed by atoms with Crippen LogP contribution in [0.3, 0.4) is 0 Å². The fraction of sp³-hybridized carbons (Fsp3) is 0.750. The predicted molar refractivity (Wildman–Crippen MR) is 62.8 cm³/mol. The van der Waals surface area contributed by atoms with Crippen molar-refractivity contribution in [3.8, 4) is 0 Å². The van der Waals surface area contributed by atoms with E-state index in [-0.39, 0.29) is 5.54 Å². The SMILES string of the molecule is CC(C)(C)n1cc(N)c(C2CCCC2)n1. The second-order valence-electron chi connectivity index (χ2n) is 5.57. The van der Waals surface area contributed by atoms with Crippen LogP contribution in [0.15, 0.2) is 6.20 Å². The highest BCUT2D eigenvalue weighted by molar-refractivity contribution is 5.43. The maximum Gasteiger partial charge on any atom is 0.0884 e. The van der Waals surface area contributed by atoms with Gasteiger partial charge in [0.05, 0.1) is 16.9 Å². The molecule has 2 rings (SSSR count). The molecular formula is C12H21N3. The smallest absolute Gasteiger partial charge is 0.0884 e. The molecule has 0 radical (unpaired) electrons. The van der Waals surface area contributed by atoms with E-state index in [1.54, 1.807) is 0 Å². The number of nitrogens with two attached hydrogens (primary N) is 1. The Morgan fingerprint density at radius 2 is 1.93 bits per heavy atom. The summed E-state index contributed by atoms with van der Waals surface area (Å²) >= 11 is 0. The van der Waals surface area contributed by atoms with Gasteiger partial charge in [-0.25, -0.2) is 0 Å². The molecule has 0 aromatic carbocycles. The standard InChI is InChI=1S/C12H21N3/c1-12(2,3)15-8-10(13)11(14-15)9-6-4-5-7-9/h8-9H,4-7,13H2,1-3H3. The van der Waals surface area contributed by atoms with Gasteiger partial charge in [-0.2, -0.15) is 5.10 Å². The molecule has 3 heteroatoms. The van der Waals surface area contributed by atoms with Gasteiger partial charge in [-0.1, -0.05) is 12.8 Å². The van der Waals surface area contributed by atoms with Gasteiger partial charge >= 0.3 is 0 Å². The lowest BCUT2D eigenvalue weighted by atomic mass is 10.0. The zero-order valence-electron chi connectivity index (χ0n) is 9.95. The molecule has 84 valence electrons. The number of hydrogen-bond acceptors (Lipinski definition) is 2. The number of nitrogens with zero attached hydrogens (tertiary/aromatic N) is 2. The van der Waals surface area contributed by atoms with Crippen LogP contribution in [-0.4, -0.2) is 9.78 Å². The van der Waals surface area contributed by atoms with Crippen LogP contribution in [0, 0.1) is 0 Å². The van der Waals surface area contributed by atoms with Crippen molar-refractivity contribution in [2.24, 2.45) is 0 Å². The summed E-state index contributed by atoms with van der Waals surface area (Å²) < 4.78 is 2.00. The Kier molecular flexibility index (Phi) is 2.49. The molecule has 2 N–H and O–H groups in total. The van der Waals surface area contributed by atoms with Crippen molar-refractivity contribution in [3.63, 3.8) is 0 Å². The van der Waals surface area contributed by atoms with Crippen LogP contribution in [0.5, 0.6) is 0 Å². The molecule has 0 amide bonds. The average Bonchev–Trinajstić information content (AvgIpc) is 2.69. The molecule has 0 saturated heterocycles. The normalized spacial score (nSPS) is 18.6. The van der Waals surface area contributed by atoms with E-state index >= 15 is 0 Å². The maximum atomic E-state index is 6.03. The molecule has 1 aromatic heterocycles. The number of hydrogen-bond donors (Lipinski definition) is 1. The highest BCUT2D eigenvalue weighted by atomic mass is 15.3. The first-order valence-corrected chi connectivity index (χ1v) is 5.84. The summed E-state index contributed by atoms with van der Waals surface area (Å²) in [6, 6.07) is 0. The topological polar surface area (TPSA) is 43.8 Å². The molecule has 0 bridgehead atoms. The van der Waals surface area contributed by atoms with E-state index in [0.717, 1.165) is 11.4 Å². The van der Waals surface area contributed by atoms with Crippen molar-refractivity contribution in [2.75, 3.05) is 5.73 Å². The Morgan fingerprint density at radius 1 is 1.33 bits per heavy atom. The lowest BCUT2D eigenvalue weighted by molar-refractivity contribution is 0.351. The molecule has 0 atom stereocenters. The Balaban J connectivity index is 2.29. The van der Waals surface area contributed by atoms with Crippen molar-refractivity contribution in [2.45, 2.75) is 57.9 Å². The van der Waals surface area contributed by atoms with E-state index in [1.165, 1.54) is 25.7 Å². The summed E-state index contributed by atoms with van der Waals surface area (Å²) in [5.74, 6) is 0.605. The fourth-order valence-electron chi connectivity index (χ4n) is 2.26. The molecule has 1 fully saturated rings. The number of anilines is 1. The van der Waals surface area contributed by atoms with Crippen LogP contribution in [0.2, 0.25) is 0 Å². The van der Waals surface area contributed by atoms with Crippen molar-refractivity contribution >= 4 is 5.69 Å². The highest BCUT2D eigenvalue weighted by Gasteiger charge is 2.24. The van der Waals surface area contributed by atoms with Crippen LogP contribution >= 0.6 is 0 Å². The van der Waals surface area contributed by atoms with Crippen LogP contribution in [-0.2, 0) is 5.54 Å². The Labute approximate surface area is 91.7 Å².